The quantitative estimate of drug-likeness (QED) is 0.863. The molecule has 2 heterocycles. The molecule has 0 spiro atoms. The van der Waals surface area contributed by atoms with E-state index in [1.54, 1.807) is 6.07 Å². The van der Waals surface area contributed by atoms with Gasteiger partial charge in [-0.05, 0) is 36.8 Å². The summed E-state index contributed by atoms with van der Waals surface area (Å²) >= 11 is 6.02. The molecule has 6 heteroatoms. The molecule has 1 fully saturated rings. The number of halogens is 1. The number of nitrogens with one attached hydrogen (secondary N) is 1. The van der Waals surface area contributed by atoms with Gasteiger partial charge in [-0.25, -0.2) is 9.97 Å². The Morgan fingerprint density at radius 1 is 1.36 bits per heavy atom. The highest BCUT2D eigenvalue weighted by molar-refractivity contribution is 6.29. The van der Waals surface area contributed by atoms with Gasteiger partial charge in [0.25, 0.3) is 0 Å². The van der Waals surface area contributed by atoms with Crippen LogP contribution in [0.4, 0.5) is 5.95 Å². The predicted octanol–water partition coefficient (Wildman–Crippen LogP) is 4.18. The summed E-state index contributed by atoms with van der Waals surface area (Å²) in [5.41, 5.74) is 1.46. The molecule has 22 heavy (non-hydrogen) atoms. The van der Waals surface area contributed by atoms with Gasteiger partial charge >= 0.3 is 0 Å². The van der Waals surface area contributed by atoms with Crippen LogP contribution in [0.25, 0.3) is 11.2 Å². The minimum Gasteiger partial charge on any atom is -0.296 e. The highest BCUT2D eigenvalue weighted by Gasteiger charge is 2.27. The number of pyridine rings is 1. The van der Waals surface area contributed by atoms with Crippen LogP contribution >= 0.6 is 11.6 Å². The fraction of sp³-hybridized carbons (Fsp3) is 0.562. The van der Waals surface area contributed by atoms with Crippen molar-refractivity contribution < 1.29 is 4.79 Å². The maximum Gasteiger partial charge on any atom is 0.227 e. The Hall–Kier alpha value is -1.62. The van der Waals surface area contributed by atoms with Crippen LogP contribution < -0.4 is 5.32 Å². The number of fused-ring (bicyclic) bond motifs is 1. The van der Waals surface area contributed by atoms with Crippen molar-refractivity contribution in [2.24, 2.45) is 5.41 Å². The number of carbonyl (C=O) groups is 1. The van der Waals surface area contributed by atoms with E-state index in [4.69, 9.17) is 11.6 Å². The van der Waals surface area contributed by atoms with Crippen LogP contribution in [0.2, 0.25) is 5.15 Å². The number of hydrogen-bond donors (Lipinski definition) is 1. The highest BCUT2D eigenvalue weighted by Crippen LogP contribution is 2.37. The Balaban J connectivity index is 1.96. The van der Waals surface area contributed by atoms with Crippen molar-refractivity contribution in [1.29, 1.82) is 0 Å². The molecule has 1 aliphatic carbocycles. The maximum absolute atomic E-state index is 12.2. The van der Waals surface area contributed by atoms with Crippen LogP contribution in [0, 0.1) is 5.41 Å². The van der Waals surface area contributed by atoms with Crippen molar-refractivity contribution >= 4 is 34.6 Å². The Morgan fingerprint density at radius 3 is 2.68 bits per heavy atom. The molecule has 1 saturated carbocycles. The van der Waals surface area contributed by atoms with Crippen molar-refractivity contribution in [3.63, 3.8) is 0 Å². The van der Waals surface area contributed by atoms with E-state index in [-0.39, 0.29) is 11.3 Å². The van der Waals surface area contributed by atoms with E-state index >= 15 is 0 Å². The van der Waals surface area contributed by atoms with Crippen molar-refractivity contribution in [1.82, 2.24) is 14.5 Å². The standard InChI is InChI=1S/C16H21ClN4O/c1-16(2,3)9-13(22)20-15-18-11-7-8-12(17)19-14(11)21(15)10-5-4-6-10/h7-8,10H,4-6,9H2,1-3H3,(H,18,20,22). The molecule has 0 atom stereocenters. The van der Waals surface area contributed by atoms with Crippen LogP contribution in [0.15, 0.2) is 12.1 Å². The fourth-order valence-electron chi connectivity index (χ4n) is 2.68. The van der Waals surface area contributed by atoms with Gasteiger partial charge in [0.15, 0.2) is 5.65 Å². The van der Waals surface area contributed by atoms with Gasteiger partial charge in [0.2, 0.25) is 11.9 Å². The Bertz CT molecular complexity index is 713. The first-order valence-corrected chi connectivity index (χ1v) is 8.06. The largest absolute Gasteiger partial charge is 0.296 e. The van der Waals surface area contributed by atoms with E-state index in [1.165, 1.54) is 6.42 Å². The number of hydrogen-bond acceptors (Lipinski definition) is 3. The van der Waals surface area contributed by atoms with Crippen LogP contribution in [-0.4, -0.2) is 20.4 Å². The minimum absolute atomic E-state index is 0.0190. The second kappa shape index (κ2) is 5.54. The smallest absolute Gasteiger partial charge is 0.227 e. The Kier molecular flexibility index (Phi) is 3.85. The summed E-state index contributed by atoms with van der Waals surface area (Å²) in [6.45, 7) is 6.13. The van der Waals surface area contributed by atoms with Crippen molar-refractivity contribution in [3.8, 4) is 0 Å². The van der Waals surface area contributed by atoms with Gasteiger partial charge < -0.3 is 0 Å². The second-order valence-electron chi connectivity index (χ2n) is 7.15. The lowest BCUT2D eigenvalue weighted by molar-refractivity contribution is -0.117. The van der Waals surface area contributed by atoms with Gasteiger partial charge in [0.1, 0.15) is 10.7 Å². The van der Waals surface area contributed by atoms with Gasteiger partial charge in [0.05, 0.1) is 0 Å². The number of rotatable bonds is 3. The number of anilines is 1. The molecule has 1 aliphatic rings. The normalized spacial score (nSPS) is 15.8. The lowest BCUT2D eigenvalue weighted by atomic mass is 9.92. The van der Waals surface area contributed by atoms with Gasteiger partial charge in [-0.1, -0.05) is 32.4 Å². The topological polar surface area (TPSA) is 59.8 Å². The van der Waals surface area contributed by atoms with Gasteiger partial charge in [-0.15, -0.1) is 0 Å². The summed E-state index contributed by atoms with van der Waals surface area (Å²) in [6, 6.07) is 3.92. The molecule has 0 bridgehead atoms. The van der Waals surface area contributed by atoms with Crippen molar-refractivity contribution in [2.75, 3.05) is 5.32 Å². The molecule has 0 aromatic carbocycles. The summed E-state index contributed by atoms with van der Waals surface area (Å²) in [7, 11) is 0. The van der Waals surface area contributed by atoms with Crippen LogP contribution in [0.3, 0.4) is 0 Å². The average molecular weight is 321 g/mol. The maximum atomic E-state index is 12.2. The van der Waals surface area contributed by atoms with E-state index < -0.39 is 0 Å². The Morgan fingerprint density at radius 2 is 2.09 bits per heavy atom. The van der Waals surface area contributed by atoms with Gasteiger partial charge in [-0.3, -0.25) is 14.7 Å². The number of carbonyl (C=O) groups excluding carboxylic acids is 1. The molecule has 1 amide bonds. The first-order chi connectivity index (χ1) is 10.3. The third kappa shape index (κ3) is 3.09. The highest BCUT2D eigenvalue weighted by atomic mass is 35.5. The summed E-state index contributed by atoms with van der Waals surface area (Å²) in [5, 5.41) is 3.40. The van der Waals surface area contributed by atoms with Crippen molar-refractivity contribution in [2.45, 2.75) is 52.5 Å². The number of amides is 1. The molecular weight excluding hydrogens is 300 g/mol. The molecule has 0 saturated heterocycles. The first kappa shape index (κ1) is 15.3. The number of aromatic nitrogens is 3. The molecule has 0 aliphatic heterocycles. The Labute approximate surface area is 135 Å². The number of imidazole rings is 1. The van der Waals surface area contributed by atoms with E-state index in [1.807, 2.05) is 31.4 Å². The molecule has 2 aromatic heterocycles. The summed E-state index contributed by atoms with van der Waals surface area (Å²) in [6.07, 6.45) is 3.82. The van der Waals surface area contributed by atoms with Crippen LogP contribution in [0.1, 0.15) is 52.5 Å². The minimum atomic E-state index is -0.0566. The zero-order valence-electron chi connectivity index (χ0n) is 13.2. The molecule has 0 radical (unpaired) electrons. The van der Waals surface area contributed by atoms with E-state index in [2.05, 4.69) is 15.3 Å². The summed E-state index contributed by atoms with van der Waals surface area (Å²) < 4.78 is 2.03. The summed E-state index contributed by atoms with van der Waals surface area (Å²) in [5.74, 6) is 0.568. The van der Waals surface area contributed by atoms with Crippen molar-refractivity contribution in [3.05, 3.63) is 17.3 Å². The molecule has 2 aromatic rings. The predicted molar refractivity (Wildman–Crippen MR) is 88.1 cm³/mol. The molecule has 3 rings (SSSR count). The summed E-state index contributed by atoms with van der Waals surface area (Å²) in [4.78, 5) is 21.2. The average Bonchev–Trinajstić information content (AvgIpc) is 2.63. The zero-order chi connectivity index (χ0) is 15.9. The molecule has 5 nitrogen and oxygen atoms in total. The lowest BCUT2D eigenvalue weighted by Gasteiger charge is -2.28. The zero-order valence-corrected chi connectivity index (χ0v) is 13.9. The van der Waals surface area contributed by atoms with E-state index in [0.29, 0.717) is 23.6 Å². The van der Waals surface area contributed by atoms with Crippen LogP contribution in [-0.2, 0) is 4.79 Å². The monoisotopic (exact) mass is 320 g/mol. The SMILES string of the molecule is CC(C)(C)CC(=O)Nc1nc2ccc(Cl)nc2n1C1CCC1. The molecule has 118 valence electrons. The fourth-order valence-corrected chi connectivity index (χ4v) is 2.82. The van der Waals surface area contributed by atoms with Gasteiger partial charge in [0, 0.05) is 12.5 Å². The van der Waals surface area contributed by atoms with E-state index in [0.717, 1.165) is 24.0 Å². The molecule has 1 N–H and O–H groups in total. The lowest BCUT2D eigenvalue weighted by Crippen LogP contribution is -2.24. The number of nitrogens with zero attached hydrogens (tertiary/aromatic N) is 3. The second-order valence-corrected chi connectivity index (χ2v) is 7.54. The third-order valence-corrected chi connectivity index (χ3v) is 4.10. The first-order valence-electron chi connectivity index (χ1n) is 7.68. The molecular formula is C16H21ClN4O. The van der Waals surface area contributed by atoms with E-state index in [9.17, 15) is 4.79 Å². The third-order valence-electron chi connectivity index (χ3n) is 3.89. The molecule has 0 unspecified atom stereocenters. The van der Waals surface area contributed by atoms with Crippen LogP contribution in [0.5, 0.6) is 0 Å². The van der Waals surface area contributed by atoms with Gasteiger partial charge in [-0.2, -0.15) is 0 Å².